The van der Waals surface area contributed by atoms with Gasteiger partial charge in [0.25, 0.3) is 5.91 Å². The van der Waals surface area contributed by atoms with Crippen LogP contribution in [0.1, 0.15) is 12.5 Å². The number of carbonyl (C=O) groups excluding carboxylic acids is 1. The monoisotopic (exact) mass is 506 g/mol. The summed E-state index contributed by atoms with van der Waals surface area (Å²) in [6.45, 7) is 1.84. The predicted molar refractivity (Wildman–Crippen MR) is 118 cm³/mol. The third-order valence-electron chi connectivity index (χ3n) is 3.63. The lowest BCUT2D eigenvalue weighted by molar-refractivity contribution is -0.114. The van der Waals surface area contributed by atoms with Crippen LogP contribution in [0.3, 0.4) is 0 Å². The summed E-state index contributed by atoms with van der Waals surface area (Å²) in [5.41, 5.74) is 0.110. The number of carbonyl (C=O) groups is 1. The van der Waals surface area contributed by atoms with E-state index in [2.05, 4.69) is 10.1 Å². The van der Waals surface area contributed by atoms with Gasteiger partial charge in [0.05, 0.1) is 23.5 Å². The molecule has 166 valence electrons. The van der Waals surface area contributed by atoms with E-state index in [4.69, 9.17) is 25.9 Å². The zero-order valence-corrected chi connectivity index (χ0v) is 19.4. The Bertz CT molecular complexity index is 1300. The van der Waals surface area contributed by atoms with Gasteiger partial charge >= 0.3 is 10.1 Å². The SMILES string of the molecule is CCOc1cc(/C=C2/C(=N)N3N=C(S(C)(=O)=O)SC3=NC2=O)cc(Cl)c1OS(C)(=O)=O. The molecule has 1 N–H and O–H groups in total. The molecule has 1 aromatic carbocycles. The Morgan fingerprint density at radius 3 is 2.52 bits per heavy atom. The van der Waals surface area contributed by atoms with Crippen molar-refractivity contribution in [2.45, 2.75) is 6.92 Å². The summed E-state index contributed by atoms with van der Waals surface area (Å²) in [4.78, 5) is 16.2. The number of aliphatic imine (C=N–C) groups is 1. The number of hydrogen-bond acceptors (Lipinski definition) is 10. The molecule has 0 fully saturated rings. The van der Waals surface area contributed by atoms with Crippen molar-refractivity contribution >= 4 is 70.7 Å². The number of amides is 1. The van der Waals surface area contributed by atoms with E-state index in [1.807, 2.05) is 0 Å². The minimum atomic E-state index is -3.88. The van der Waals surface area contributed by atoms with E-state index in [0.29, 0.717) is 17.3 Å². The van der Waals surface area contributed by atoms with Gasteiger partial charge in [-0.15, -0.1) is 5.10 Å². The molecule has 2 aliphatic heterocycles. The quantitative estimate of drug-likeness (QED) is 0.463. The molecular weight excluding hydrogens is 492 g/mol. The van der Waals surface area contributed by atoms with E-state index in [1.54, 1.807) is 6.92 Å². The van der Waals surface area contributed by atoms with Crippen molar-refractivity contribution in [1.29, 1.82) is 5.41 Å². The number of amidine groups is 2. The van der Waals surface area contributed by atoms with Gasteiger partial charge in [-0.2, -0.15) is 18.4 Å². The largest absolute Gasteiger partial charge is 0.490 e. The average Bonchev–Trinajstić information content (AvgIpc) is 3.05. The van der Waals surface area contributed by atoms with E-state index in [9.17, 15) is 21.6 Å². The molecular formula is C16H15ClN4O7S3. The third-order valence-corrected chi connectivity index (χ3v) is 6.96. The average molecular weight is 507 g/mol. The number of fused-ring (bicyclic) bond motifs is 1. The molecule has 3 rings (SSSR count). The summed E-state index contributed by atoms with van der Waals surface area (Å²) in [7, 11) is -7.53. The summed E-state index contributed by atoms with van der Waals surface area (Å²) < 4.78 is 56.4. The highest BCUT2D eigenvalue weighted by Gasteiger charge is 2.38. The molecule has 0 unspecified atom stereocenters. The van der Waals surface area contributed by atoms with Crippen LogP contribution in [0.2, 0.25) is 5.02 Å². The second-order valence-electron chi connectivity index (χ2n) is 6.21. The molecule has 0 aromatic heterocycles. The molecule has 0 saturated carbocycles. The normalized spacial score (nSPS) is 18.1. The zero-order chi connectivity index (χ0) is 23.1. The van der Waals surface area contributed by atoms with Crippen LogP contribution in [0, 0.1) is 5.41 Å². The fraction of sp³-hybridized carbons (Fsp3) is 0.250. The molecule has 0 atom stereocenters. The predicted octanol–water partition coefficient (Wildman–Crippen LogP) is 1.70. The summed E-state index contributed by atoms with van der Waals surface area (Å²) in [5, 5.41) is 12.9. The molecule has 2 aliphatic rings. The maximum Gasteiger partial charge on any atom is 0.306 e. The minimum Gasteiger partial charge on any atom is -0.490 e. The van der Waals surface area contributed by atoms with Crippen molar-refractivity contribution in [3.8, 4) is 11.5 Å². The molecule has 0 spiro atoms. The summed E-state index contributed by atoms with van der Waals surface area (Å²) in [6, 6.07) is 2.70. The Balaban J connectivity index is 2.05. The molecule has 11 nitrogen and oxygen atoms in total. The van der Waals surface area contributed by atoms with Crippen LogP contribution in [0.4, 0.5) is 0 Å². The number of halogens is 1. The van der Waals surface area contributed by atoms with E-state index in [-0.39, 0.29) is 44.1 Å². The highest BCUT2D eigenvalue weighted by molar-refractivity contribution is 8.42. The maximum absolute atomic E-state index is 12.5. The van der Waals surface area contributed by atoms with Crippen LogP contribution in [-0.2, 0) is 24.7 Å². The zero-order valence-electron chi connectivity index (χ0n) is 16.2. The number of ether oxygens (including phenoxy) is 1. The van der Waals surface area contributed by atoms with Crippen molar-refractivity contribution in [3.63, 3.8) is 0 Å². The lowest BCUT2D eigenvalue weighted by Gasteiger charge is -2.20. The maximum atomic E-state index is 12.5. The van der Waals surface area contributed by atoms with Crippen molar-refractivity contribution < 1.29 is 30.6 Å². The van der Waals surface area contributed by atoms with Crippen LogP contribution in [0.5, 0.6) is 11.5 Å². The Hall–Kier alpha value is -2.42. The van der Waals surface area contributed by atoms with Gasteiger partial charge in [-0.25, -0.2) is 8.42 Å². The molecule has 15 heteroatoms. The number of hydrazone groups is 1. The number of hydrogen-bond donors (Lipinski definition) is 1. The fourth-order valence-electron chi connectivity index (χ4n) is 2.46. The summed E-state index contributed by atoms with van der Waals surface area (Å²) in [6.07, 6.45) is 3.09. The highest BCUT2D eigenvalue weighted by Crippen LogP contribution is 2.38. The van der Waals surface area contributed by atoms with Gasteiger partial charge in [0, 0.05) is 6.26 Å². The van der Waals surface area contributed by atoms with Crippen LogP contribution in [0.15, 0.2) is 27.8 Å². The van der Waals surface area contributed by atoms with Gasteiger partial charge in [0.15, 0.2) is 11.6 Å². The standard InChI is InChI=1S/C16H15ClN4O7S3/c1-4-27-11-7-8(6-10(17)12(11)28-31(3,25)26)5-9-13(18)21-15(19-14(9)22)29-16(20-21)30(2,23)24/h5-7,18H,4H2,1-3H3/b9-5-,18-13?. The van der Waals surface area contributed by atoms with Gasteiger partial charge in [0.2, 0.25) is 25.1 Å². The number of thioether (sulfide) groups is 1. The Morgan fingerprint density at radius 2 is 1.94 bits per heavy atom. The van der Waals surface area contributed by atoms with Crippen molar-refractivity contribution in [2.75, 3.05) is 19.1 Å². The first-order chi connectivity index (χ1) is 14.3. The second-order valence-corrected chi connectivity index (χ2v) is 11.3. The number of nitrogens with zero attached hydrogens (tertiary/aromatic N) is 3. The molecule has 1 aromatic rings. The van der Waals surface area contributed by atoms with Crippen LogP contribution in [0.25, 0.3) is 6.08 Å². The first kappa shape index (κ1) is 23.2. The molecule has 0 aliphatic carbocycles. The molecule has 31 heavy (non-hydrogen) atoms. The Labute approximate surface area is 187 Å². The first-order valence-electron chi connectivity index (χ1n) is 8.36. The van der Waals surface area contributed by atoms with Gasteiger partial charge in [-0.05, 0) is 42.5 Å². The number of nitrogens with one attached hydrogen (secondary N) is 1. The van der Waals surface area contributed by atoms with E-state index in [1.165, 1.54) is 18.2 Å². The second kappa shape index (κ2) is 8.26. The first-order valence-corrected chi connectivity index (χ1v) is 13.3. The molecule has 0 radical (unpaired) electrons. The van der Waals surface area contributed by atoms with Crippen molar-refractivity contribution in [1.82, 2.24) is 5.01 Å². The highest BCUT2D eigenvalue weighted by atomic mass is 35.5. The minimum absolute atomic E-state index is 0.0142. The van der Waals surface area contributed by atoms with Gasteiger partial charge in [0.1, 0.15) is 0 Å². The smallest absolute Gasteiger partial charge is 0.306 e. The van der Waals surface area contributed by atoms with Crippen molar-refractivity contribution in [3.05, 3.63) is 28.3 Å². The number of benzene rings is 1. The van der Waals surface area contributed by atoms with E-state index < -0.39 is 25.9 Å². The molecule has 0 bridgehead atoms. The topological polar surface area (TPSA) is 156 Å². The fourth-order valence-corrected chi connectivity index (χ4v) is 4.92. The van der Waals surface area contributed by atoms with Crippen molar-refractivity contribution in [2.24, 2.45) is 10.1 Å². The Kier molecular flexibility index (Phi) is 6.19. The Morgan fingerprint density at radius 1 is 1.26 bits per heavy atom. The summed E-state index contributed by atoms with van der Waals surface area (Å²) in [5.74, 6) is -1.36. The number of sulfone groups is 1. The van der Waals surface area contributed by atoms with Gasteiger partial charge < -0.3 is 8.92 Å². The number of rotatable bonds is 5. The third kappa shape index (κ3) is 5.08. The summed E-state index contributed by atoms with van der Waals surface area (Å²) >= 11 is 6.83. The van der Waals surface area contributed by atoms with E-state index in [0.717, 1.165) is 17.5 Å². The lowest BCUT2D eigenvalue weighted by atomic mass is 10.1. The molecule has 0 saturated heterocycles. The lowest BCUT2D eigenvalue weighted by Crippen LogP contribution is -2.35. The van der Waals surface area contributed by atoms with Crippen LogP contribution in [-0.4, -0.2) is 62.2 Å². The van der Waals surface area contributed by atoms with Gasteiger partial charge in [-0.3, -0.25) is 10.2 Å². The molecule has 1 amide bonds. The van der Waals surface area contributed by atoms with Crippen LogP contribution >= 0.6 is 23.4 Å². The van der Waals surface area contributed by atoms with Crippen LogP contribution < -0.4 is 8.92 Å². The van der Waals surface area contributed by atoms with E-state index >= 15 is 0 Å². The van der Waals surface area contributed by atoms with Gasteiger partial charge in [-0.1, -0.05) is 11.6 Å². The molecule has 2 heterocycles.